The molecule has 0 saturated heterocycles. The molecule has 0 aliphatic heterocycles. The average Bonchev–Trinajstić information content (AvgIpc) is 2.70. The molecule has 1 heterocycles. The first-order valence-electron chi connectivity index (χ1n) is 6.00. The van der Waals surface area contributed by atoms with Gasteiger partial charge in [0.1, 0.15) is 5.56 Å². The van der Waals surface area contributed by atoms with Crippen molar-refractivity contribution in [2.75, 3.05) is 0 Å². The van der Waals surface area contributed by atoms with Crippen molar-refractivity contribution in [1.82, 2.24) is 14.8 Å². The van der Waals surface area contributed by atoms with Gasteiger partial charge in [-0.05, 0) is 24.2 Å². The van der Waals surface area contributed by atoms with Gasteiger partial charge in [0, 0.05) is 12.6 Å². The zero-order valence-corrected chi connectivity index (χ0v) is 12.5. The zero-order valence-electron chi connectivity index (χ0n) is 11.0. The number of aromatic amines is 1. The molecular formula is C12H13ClN4O2S. The first-order valence-corrected chi connectivity index (χ1v) is 6.79. The Balaban J connectivity index is 2.69. The van der Waals surface area contributed by atoms with Gasteiger partial charge < -0.3 is 0 Å². The molecule has 106 valence electrons. The van der Waals surface area contributed by atoms with Crippen LogP contribution in [-0.2, 0) is 6.54 Å². The Bertz CT molecular complexity index is 708. The topological polar surface area (TPSA) is 76.8 Å². The van der Waals surface area contributed by atoms with Crippen molar-refractivity contribution in [2.24, 2.45) is 5.92 Å². The molecule has 0 amide bonds. The van der Waals surface area contributed by atoms with E-state index in [1.165, 1.54) is 12.1 Å². The zero-order chi connectivity index (χ0) is 14.9. The van der Waals surface area contributed by atoms with E-state index in [9.17, 15) is 10.1 Å². The molecule has 0 spiro atoms. The number of nitrogens with zero attached hydrogens (tertiary/aromatic N) is 3. The maximum atomic E-state index is 11.2. The van der Waals surface area contributed by atoms with Crippen LogP contribution in [0.4, 0.5) is 5.69 Å². The smallest absolute Gasteiger partial charge is 0.281 e. The van der Waals surface area contributed by atoms with Crippen molar-refractivity contribution < 1.29 is 4.92 Å². The minimum atomic E-state index is -0.474. The highest BCUT2D eigenvalue weighted by Crippen LogP contribution is 2.35. The van der Waals surface area contributed by atoms with Crippen molar-refractivity contribution in [3.05, 3.63) is 38.1 Å². The Labute approximate surface area is 125 Å². The van der Waals surface area contributed by atoms with Crippen molar-refractivity contribution in [2.45, 2.75) is 20.4 Å². The van der Waals surface area contributed by atoms with Crippen LogP contribution >= 0.6 is 23.8 Å². The number of hydrogen-bond donors (Lipinski definition) is 1. The summed E-state index contributed by atoms with van der Waals surface area (Å²) in [5.74, 6) is 0.709. The lowest BCUT2D eigenvalue weighted by Gasteiger charge is -2.10. The predicted octanol–water partition coefficient (Wildman–Crippen LogP) is 3.83. The standard InChI is InChI=1S/C12H13ClN4O2S/c1-7(2)6-16-11(14-15-12(16)20)10-8(13)4-3-5-9(10)17(18)19/h3-5,7H,6H2,1-2H3,(H,15,20). The molecule has 20 heavy (non-hydrogen) atoms. The lowest BCUT2D eigenvalue weighted by Crippen LogP contribution is -2.07. The molecule has 0 radical (unpaired) electrons. The molecule has 0 unspecified atom stereocenters. The Kier molecular flexibility index (Phi) is 4.20. The minimum Gasteiger partial charge on any atom is -0.300 e. The Hall–Kier alpha value is -1.73. The lowest BCUT2D eigenvalue weighted by atomic mass is 10.1. The number of halogens is 1. The summed E-state index contributed by atoms with van der Waals surface area (Å²) in [7, 11) is 0. The number of nitrogens with one attached hydrogen (secondary N) is 1. The van der Waals surface area contributed by atoms with Gasteiger partial charge in [-0.2, -0.15) is 5.10 Å². The highest BCUT2D eigenvalue weighted by atomic mass is 35.5. The number of hydrogen-bond acceptors (Lipinski definition) is 4. The van der Waals surface area contributed by atoms with Crippen LogP contribution in [0.15, 0.2) is 18.2 Å². The van der Waals surface area contributed by atoms with Gasteiger partial charge in [0.25, 0.3) is 5.69 Å². The monoisotopic (exact) mass is 312 g/mol. The highest BCUT2D eigenvalue weighted by molar-refractivity contribution is 7.71. The summed E-state index contributed by atoms with van der Waals surface area (Å²) in [6, 6.07) is 4.54. The van der Waals surface area contributed by atoms with Gasteiger partial charge in [0.05, 0.1) is 9.95 Å². The van der Waals surface area contributed by atoms with Crippen LogP contribution in [0.1, 0.15) is 13.8 Å². The van der Waals surface area contributed by atoms with Crippen molar-refractivity contribution >= 4 is 29.5 Å². The molecule has 2 rings (SSSR count). The van der Waals surface area contributed by atoms with Crippen LogP contribution in [-0.4, -0.2) is 19.7 Å². The van der Waals surface area contributed by atoms with Crippen molar-refractivity contribution in [3.63, 3.8) is 0 Å². The van der Waals surface area contributed by atoms with E-state index in [1.807, 2.05) is 13.8 Å². The molecule has 1 aromatic heterocycles. The third kappa shape index (κ3) is 2.73. The highest BCUT2D eigenvalue weighted by Gasteiger charge is 2.23. The summed E-state index contributed by atoms with van der Waals surface area (Å²) in [5.41, 5.74) is 0.198. The fourth-order valence-electron chi connectivity index (χ4n) is 1.93. The maximum Gasteiger partial charge on any atom is 0.281 e. The maximum absolute atomic E-state index is 11.2. The number of H-pyrrole nitrogens is 1. The molecule has 2 aromatic rings. The molecule has 0 aliphatic carbocycles. The Morgan fingerprint density at radius 2 is 2.25 bits per heavy atom. The van der Waals surface area contributed by atoms with E-state index in [-0.39, 0.29) is 16.3 Å². The fourth-order valence-corrected chi connectivity index (χ4v) is 2.39. The second kappa shape index (κ2) is 5.72. The van der Waals surface area contributed by atoms with Gasteiger partial charge in [-0.3, -0.25) is 19.8 Å². The summed E-state index contributed by atoms with van der Waals surface area (Å²) in [4.78, 5) is 10.7. The molecule has 1 N–H and O–H groups in total. The summed E-state index contributed by atoms with van der Waals surface area (Å²) in [6.45, 7) is 4.66. The molecule has 0 atom stereocenters. The number of aromatic nitrogens is 3. The van der Waals surface area contributed by atoms with Gasteiger partial charge >= 0.3 is 0 Å². The second-order valence-electron chi connectivity index (χ2n) is 4.75. The van der Waals surface area contributed by atoms with E-state index < -0.39 is 4.92 Å². The Morgan fingerprint density at radius 3 is 2.85 bits per heavy atom. The van der Waals surface area contributed by atoms with E-state index in [0.717, 1.165) is 0 Å². The van der Waals surface area contributed by atoms with Crippen LogP contribution in [0.2, 0.25) is 5.02 Å². The van der Waals surface area contributed by atoms with E-state index >= 15 is 0 Å². The second-order valence-corrected chi connectivity index (χ2v) is 5.54. The normalized spacial score (nSPS) is 11.0. The van der Waals surface area contributed by atoms with E-state index in [4.69, 9.17) is 23.8 Å². The third-order valence-electron chi connectivity index (χ3n) is 2.72. The first-order chi connectivity index (χ1) is 9.41. The molecule has 0 saturated carbocycles. The number of nitro groups is 1. The predicted molar refractivity (Wildman–Crippen MR) is 79.4 cm³/mol. The van der Waals surface area contributed by atoms with Gasteiger partial charge in [0.15, 0.2) is 10.6 Å². The first kappa shape index (κ1) is 14.7. The molecule has 0 bridgehead atoms. The number of nitro benzene ring substituents is 1. The fraction of sp³-hybridized carbons (Fsp3) is 0.333. The summed E-state index contributed by atoms with van der Waals surface area (Å²) >= 11 is 11.3. The van der Waals surface area contributed by atoms with Gasteiger partial charge in [-0.1, -0.05) is 31.5 Å². The average molecular weight is 313 g/mol. The van der Waals surface area contributed by atoms with Crippen molar-refractivity contribution in [3.8, 4) is 11.4 Å². The summed E-state index contributed by atoms with van der Waals surface area (Å²) < 4.78 is 2.15. The van der Waals surface area contributed by atoms with Gasteiger partial charge in [0.2, 0.25) is 0 Å². The molecule has 6 nitrogen and oxygen atoms in total. The SMILES string of the molecule is CC(C)Cn1c(-c2c(Cl)cccc2[N+](=O)[O-])n[nH]c1=S. The van der Waals surface area contributed by atoms with Gasteiger partial charge in [-0.25, -0.2) is 0 Å². The molecule has 0 fully saturated rings. The van der Waals surface area contributed by atoms with Crippen molar-refractivity contribution in [1.29, 1.82) is 0 Å². The van der Waals surface area contributed by atoms with Crippen LogP contribution < -0.4 is 0 Å². The van der Waals surface area contributed by atoms with Crippen LogP contribution in [0.3, 0.4) is 0 Å². The van der Waals surface area contributed by atoms with Crippen LogP contribution in [0.5, 0.6) is 0 Å². The molecular weight excluding hydrogens is 300 g/mol. The lowest BCUT2D eigenvalue weighted by molar-refractivity contribution is -0.384. The largest absolute Gasteiger partial charge is 0.300 e. The van der Waals surface area contributed by atoms with Crippen LogP contribution in [0, 0.1) is 20.8 Å². The third-order valence-corrected chi connectivity index (χ3v) is 3.34. The molecule has 1 aromatic carbocycles. The van der Waals surface area contributed by atoms with E-state index in [0.29, 0.717) is 23.1 Å². The molecule has 0 aliphatic rings. The number of rotatable bonds is 4. The van der Waals surface area contributed by atoms with E-state index in [2.05, 4.69) is 10.2 Å². The van der Waals surface area contributed by atoms with Crippen LogP contribution in [0.25, 0.3) is 11.4 Å². The Morgan fingerprint density at radius 1 is 1.55 bits per heavy atom. The minimum absolute atomic E-state index is 0.0866. The van der Waals surface area contributed by atoms with Gasteiger partial charge in [-0.15, -0.1) is 0 Å². The summed E-state index contributed by atoms with van der Waals surface area (Å²) in [5, 5.41) is 18.2. The molecule has 8 heteroatoms. The number of benzene rings is 1. The van der Waals surface area contributed by atoms with E-state index in [1.54, 1.807) is 10.6 Å². The summed E-state index contributed by atoms with van der Waals surface area (Å²) in [6.07, 6.45) is 0. The quantitative estimate of drug-likeness (QED) is 0.529.